The van der Waals surface area contributed by atoms with Gasteiger partial charge in [-0.15, -0.1) is 11.3 Å². The average molecular weight is 385 g/mol. The molecule has 1 aromatic carbocycles. The predicted octanol–water partition coefficient (Wildman–Crippen LogP) is 3.48. The van der Waals surface area contributed by atoms with E-state index in [4.69, 9.17) is 4.74 Å². The molecule has 1 aromatic heterocycles. The highest BCUT2D eigenvalue weighted by Crippen LogP contribution is 2.29. The van der Waals surface area contributed by atoms with Crippen molar-refractivity contribution in [2.75, 3.05) is 18.0 Å². The number of hydrogen-bond acceptors (Lipinski definition) is 5. The van der Waals surface area contributed by atoms with Crippen molar-refractivity contribution in [3.63, 3.8) is 0 Å². The third kappa shape index (κ3) is 4.81. The maximum atomic E-state index is 12.4. The van der Waals surface area contributed by atoms with E-state index in [0.29, 0.717) is 23.9 Å². The Morgan fingerprint density at radius 3 is 2.52 bits per heavy atom. The van der Waals surface area contributed by atoms with Gasteiger partial charge in [0.1, 0.15) is 0 Å². The van der Waals surface area contributed by atoms with Crippen LogP contribution in [0.15, 0.2) is 41.8 Å². The summed E-state index contributed by atoms with van der Waals surface area (Å²) in [4.78, 5) is 32.4. The van der Waals surface area contributed by atoms with E-state index in [1.807, 2.05) is 49.6 Å². The fraction of sp³-hybridized carbons (Fsp3) is 0.350. The smallest absolute Gasteiger partial charge is 0.246 e. The maximum Gasteiger partial charge on any atom is 0.246 e. The SMILES string of the molecule is CC(=O)N(c1ccccc1)c1nc(/C=C\C(=O)N2C[C@H](C)O[C@@H](C)C2)cs1. The normalized spacial score (nSPS) is 20.0. The lowest BCUT2D eigenvalue weighted by molar-refractivity contribution is -0.137. The highest BCUT2D eigenvalue weighted by atomic mass is 32.1. The molecule has 2 amide bonds. The summed E-state index contributed by atoms with van der Waals surface area (Å²) < 4.78 is 5.66. The Labute approximate surface area is 163 Å². The molecule has 1 aliphatic rings. The zero-order valence-electron chi connectivity index (χ0n) is 15.7. The third-order valence-corrected chi connectivity index (χ3v) is 5.00. The highest BCUT2D eigenvalue weighted by molar-refractivity contribution is 7.14. The van der Waals surface area contributed by atoms with Gasteiger partial charge in [-0.2, -0.15) is 0 Å². The second-order valence-corrected chi connectivity index (χ2v) is 7.42. The van der Waals surface area contributed by atoms with Gasteiger partial charge in [-0.3, -0.25) is 14.5 Å². The Hall–Kier alpha value is -2.51. The molecule has 3 rings (SSSR count). The molecule has 0 bridgehead atoms. The first-order valence-electron chi connectivity index (χ1n) is 8.87. The maximum absolute atomic E-state index is 12.4. The third-order valence-electron chi connectivity index (χ3n) is 4.16. The first-order valence-corrected chi connectivity index (χ1v) is 9.75. The van der Waals surface area contributed by atoms with Crippen LogP contribution in [0.4, 0.5) is 10.8 Å². The summed E-state index contributed by atoms with van der Waals surface area (Å²) in [6.07, 6.45) is 3.29. The molecule has 0 spiro atoms. The van der Waals surface area contributed by atoms with Gasteiger partial charge in [0.05, 0.1) is 23.6 Å². The van der Waals surface area contributed by atoms with Gasteiger partial charge in [0, 0.05) is 31.5 Å². The zero-order valence-corrected chi connectivity index (χ0v) is 16.5. The van der Waals surface area contributed by atoms with Gasteiger partial charge in [0.15, 0.2) is 5.13 Å². The van der Waals surface area contributed by atoms with Crippen LogP contribution in [0.25, 0.3) is 6.08 Å². The van der Waals surface area contributed by atoms with Gasteiger partial charge in [0.25, 0.3) is 0 Å². The molecule has 0 aliphatic carbocycles. The second kappa shape index (κ2) is 8.45. The fourth-order valence-electron chi connectivity index (χ4n) is 3.08. The van der Waals surface area contributed by atoms with Crippen molar-refractivity contribution in [3.05, 3.63) is 47.5 Å². The molecule has 0 N–H and O–H groups in total. The van der Waals surface area contributed by atoms with Crippen LogP contribution in [0.5, 0.6) is 0 Å². The number of anilines is 2. The van der Waals surface area contributed by atoms with Crippen molar-refractivity contribution in [1.82, 2.24) is 9.88 Å². The Morgan fingerprint density at radius 2 is 1.89 bits per heavy atom. The molecule has 7 heteroatoms. The summed E-state index contributed by atoms with van der Waals surface area (Å²) in [7, 11) is 0. The minimum Gasteiger partial charge on any atom is -0.372 e. The average Bonchev–Trinajstić information content (AvgIpc) is 3.08. The first kappa shape index (κ1) is 19.3. The number of benzene rings is 1. The number of para-hydroxylation sites is 1. The minimum atomic E-state index is -0.113. The van der Waals surface area contributed by atoms with Crippen molar-refractivity contribution in [3.8, 4) is 0 Å². The standard InChI is InChI=1S/C20H23N3O3S/c1-14-11-22(12-15(2)26-14)19(25)10-9-17-13-27-20(21-17)23(16(3)24)18-7-5-4-6-8-18/h4-10,13-15H,11-12H2,1-3H3/b10-9-/t14-,15-/m0/s1. The molecular weight excluding hydrogens is 362 g/mol. The van der Waals surface area contributed by atoms with E-state index in [1.54, 1.807) is 15.9 Å². The Morgan fingerprint density at radius 1 is 1.22 bits per heavy atom. The van der Waals surface area contributed by atoms with Crippen LogP contribution in [0.3, 0.4) is 0 Å². The zero-order chi connectivity index (χ0) is 19.4. The number of carbonyl (C=O) groups is 2. The van der Waals surface area contributed by atoms with Crippen LogP contribution >= 0.6 is 11.3 Å². The molecule has 0 radical (unpaired) electrons. The fourth-order valence-corrected chi connectivity index (χ4v) is 3.93. The number of aromatic nitrogens is 1. The summed E-state index contributed by atoms with van der Waals surface area (Å²) in [5.41, 5.74) is 1.42. The molecule has 2 aromatic rings. The molecular formula is C20H23N3O3S. The summed E-state index contributed by atoms with van der Waals surface area (Å²) in [5, 5.41) is 2.41. The highest BCUT2D eigenvalue weighted by Gasteiger charge is 2.24. The Balaban J connectivity index is 1.72. The van der Waals surface area contributed by atoms with E-state index in [0.717, 1.165) is 5.69 Å². The number of amides is 2. The van der Waals surface area contributed by atoms with Gasteiger partial charge < -0.3 is 9.64 Å². The molecule has 1 saturated heterocycles. The van der Waals surface area contributed by atoms with Crippen molar-refractivity contribution in [2.24, 2.45) is 0 Å². The molecule has 1 fully saturated rings. The van der Waals surface area contributed by atoms with Crippen LogP contribution in [0.1, 0.15) is 26.5 Å². The van der Waals surface area contributed by atoms with Crippen LogP contribution in [0.2, 0.25) is 0 Å². The molecule has 1 aliphatic heterocycles. The molecule has 2 heterocycles. The van der Waals surface area contributed by atoms with Crippen LogP contribution < -0.4 is 4.90 Å². The number of ether oxygens (including phenoxy) is 1. The first-order chi connectivity index (χ1) is 12.9. The lowest BCUT2D eigenvalue weighted by Crippen LogP contribution is -2.47. The largest absolute Gasteiger partial charge is 0.372 e. The minimum absolute atomic E-state index is 0.0342. The molecule has 0 unspecified atom stereocenters. The summed E-state index contributed by atoms with van der Waals surface area (Å²) in [6, 6.07) is 9.38. The van der Waals surface area contributed by atoms with E-state index in [-0.39, 0.29) is 24.0 Å². The number of nitrogens with zero attached hydrogens (tertiary/aromatic N) is 3. The van der Waals surface area contributed by atoms with E-state index in [9.17, 15) is 9.59 Å². The Bertz CT molecular complexity index is 824. The summed E-state index contributed by atoms with van der Waals surface area (Å²) in [5.74, 6) is -0.170. The van der Waals surface area contributed by atoms with Crippen molar-refractivity contribution >= 4 is 40.0 Å². The number of morpholine rings is 1. The van der Waals surface area contributed by atoms with E-state index >= 15 is 0 Å². The van der Waals surface area contributed by atoms with Gasteiger partial charge in [-0.05, 0) is 32.1 Å². The van der Waals surface area contributed by atoms with E-state index in [1.165, 1.54) is 24.3 Å². The number of carbonyl (C=O) groups excluding carboxylic acids is 2. The molecule has 0 saturated carbocycles. The lowest BCUT2D eigenvalue weighted by Gasteiger charge is -2.34. The van der Waals surface area contributed by atoms with Crippen molar-refractivity contribution in [2.45, 2.75) is 33.0 Å². The van der Waals surface area contributed by atoms with Crippen molar-refractivity contribution < 1.29 is 14.3 Å². The number of rotatable bonds is 4. The monoisotopic (exact) mass is 385 g/mol. The second-order valence-electron chi connectivity index (χ2n) is 6.58. The summed E-state index contributed by atoms with van der Waals surface area (Å²) >= 11 is 1.37. The number of hydrogen-bond donors (Lipinski definition) is 0. The van der Waals surface area contributed by atoms with E-state index in [2.05, 4.69) is 4.98 Å². The quantitative estimate of drug-likeness (QED) is 0.756. The molecule has 27 heavy (non-hydrogen) atoms. The summed E-state index contributed by atoms with van der Waals surface area (Å²) in [6.45, 7) is 6.61. The van der Waals surface area contributed by atoms with Crippen molar-refractivity contribution in [1.29, 1.82) is 0 Å². The number of thiazole rings is 1. The molecule has 2 atom stereocenters. The van der Waals surface area contributed by atoms with Gasteiger partial charge in [-0.1, -0.05) is 18.2 Å². The van der Waals surface area contributed by atoms with E-state index < -0.39 is 0 Å². The lowest BCUT2D eigenvalue weighted by atomic mass is 10.2. The van der Waals surface area contributed by atoms with Crippen LogP contribution in [-0.2, 0) is 14.3 Å². The topological polar surface area (TPSA) is 62.7 Å². The van der Waals surface area contributed by atoms with Gasteiger partial charge in [-0.25, -0.2) is 4.98 Å². The molecule has 142 valence electrons. The molecule has 6 nitrogen and oxygen atoms in total. The van der Waals surface area contributed by atoms with Crippen LogP contribution in [0, 0.1) is 0 Å². The predicted molar refractivity (Wildman–Crippen MR) is 107 cm³/mol. The van der Waals surface area contributed by atoms with Gasteiger partial charge >= 0.3 is 0 Å². The van der Waals surface area contributed by atoms with Crippen LogP contribution in [-0.4, -0.2) is 47.0 Å². The Kier molecular flexibility index (Phi) is 6.03. The van der Waals surface area contributed by atoms with Gasteiger partial charge in [0.2, 0.25) is 11.8 Å².